The molecule has 0 saturated heterocycles. The first kappa shape index (κ1) is 26.0. The molecule has 4 nitrogen and oxygen atoms in total. The molecule has 0 aliphatic carbocycles. The minimum absolute atomic E-state index is 0.00147. The van der Waals surface area contributed by atoms with Crippen LogP contribution in [-0.4, -0.2) is 11.4 Å². The topological polar surface area (TPSA) is 47.6 Å². The predicted molar refractivity (Wildman–Crippen MR) is 152 cm³/mol. The van der Waals surface area contributed by atoms with Crippen molar-refractivity contribution in [1.29, 1.82) is 0 Å². The molecule has 0 radical (unpaired) electrons. The summed E-state index contributed by atoms with van der Waals surface area (Å²) >= 11 is 0. The lowest BCUT2D eigenvalue weighted by Gasteiger charge is -2.25. The third-order valence-corrected chi connectivity index (χ3v) is 6.39. The first-order chi connectivity index (χ1) is 17.7. The maximum absolute atomic E-state index is 12.9. The summed E-state index contributed by atoms with van der Waals surface area (Å²) in [6.07, 6.45) is 0.921. The van der Waals surface area contributed by atoms with Crippen molar-refractivity contribution in [3.8, 4) is 17.2 Å². The van der Waals surface area contributed by atoms with Gasteiger partial charge in [0.05, 0.1) is 0 Å². The van der Waals surface area contributed by atoms with E-state index in [2.05, 4.69) is 39.9 Å². The van der Waals surface area contributed by atoms with Crippen molar-refractivity contribution in [2.75, 3.05) is 5.32 Å². The zero-order valence-corrected chi connectivity index (χ0v) is 22.2. The number of hydrogen-bond donors (Lipinski definition) is 1. The summed E-state index contributed by atoms with van der Waals surface area (Å²) in [4.78, 5) is 12.9. The molecule has 0 fully saturated rings. The van der Waals surface area contributed by atoms with Crippen LogP contribution in [-0.2, 0) is 0 Å². The third-order valence-electron chi connectivity index (χ3n) is 6.39. The first-order valence-corrected chi connectivity index (χ1v) is 12.8. The second-order valence-corrected chi connectivity index (χ2v) is 10.1. The van der Waals surface area contributed by atoms with Gasteiger partial charge in [-0.05, 0) is 80.3 Å². The van der Waals surface area contributed by atoms with E-state index in [1.807, 2.05) is 84.9 Å². The number of carbonyl (C=O) groups excluding carboxylic acids is 1. The van der Waals surface area contributed by atoms with E-state index in [9.17, 15) is 4.79 Å². The fourth-order valence-corrected chi connectivity index (χ4v) is 3.83. The molecule has 0 spiro atoms. The Morgan fingerprint density at radius 3 is 1.86 bits per heavy atom. The molecule has 0 aromatic heterocycles. The van der Waals surface area contributed by atoms with Gasteiger partial charge < -0.3 is 14.8 Å². The molecule has 0 saturated carbocycles. The molecule has 0 amide bonds. The molecule has 0 unspecified atom stereocenters. The van der Waals surface area contributed by atoms with Crippen molar-refractivity contribution in [2.45, 2.75) is 52.6 Å². The second-order valence-electron chi connectivity index (χ2n) is 10.1. The quantitative estimate of drug-likeness (QED) is 0.224. The summed E-state index contributed by atoms with van der Waals surface area (Å²) in [5, 5.41) is 3.42. The second kappa shape index (κ2) is 11.3. The summed E-state index contributed by atoms with van der Waals surface area (Å²) < 4.78 is 12.2. The van der Waals surface area contributed by atoms with Crippen molar-refractivity contribution in [3.63, 3.8) is 0 Å². The lowest BCUT2D eigenvalue weighted by Crippen LogP contribution is -2.26. The number of nitrogens with one attached hydrogen (secondary N) is 1. The third kappa shape index (κ3) is 7.01. The minimum atomic E-state index is -0.217. The van der Waals surface area contributed by atoms with Crippen LogP contribution >= 0.6 is 0 Å². The van der Waals surface area contributed by atoms with Crippen molar-refractivity contribution < 1.29 is 14.3 Å². The molecule has 4 aromatic carbocycles. The van der Waals surface area contributed by atoms with Crippen LogP contribution in [0.15, 0.2) is 97.1 Å². The SMILES string of the molecule is CCC(C)(C)Oc1cccc(Nc2cccc(Oc3ccc(C(=O)c4ccc(C(C)C)cc4)cc3)c2)c1. The monoisotopic (exact) mass is 493 g/mol. The lowest BCUT2D eigenvalue weighted by atomic mass is 9.98. The normalized spacial score (nSPS) is 11.3. The highest BCUT2D eigenvalue weighted by Crippen LogP contribution is 2.29. The number of benzene rings is 4. The molecule has 0 atom stereocenters. The number of rotatable bonds is 10. The van der Waals surface area contributed by atoms with E-state index in [0.717, 1.165) is 23.5 Å². The summed E-state index contributed by atoms with van der Waals surface area (Å²) in [6.45, 7) is 10.6. The standard InChI is InChI=1S/C33H35NO3/c1-6-33(4,5)37-31-12-8-10-28(22-31)34-27-9-7-11-30(21-27)36-29-19-17-26(18-20-29)32(35)25-15-13-24(14-16-25)23(2)3/h7-23,34H,6H2,1-5H3. The van der Waals surface area contributed by atoms with Gasteiger partial charge in [0.15, 0.2) is 5.78 Å². The van der Waals surface area contributed by atoms with Crippen LogP contribution in [0.25, 0.3) is 0 Å². The largest absolute Gasteiger partial charge is 0.488 e. The van der Waals surface area contributed by atoms with E-state index < -0.39 is 0 Å². The number of hydrogen-bond acceptors (Lipinski definition) is 4. The van der Waals surface area contributed by atoms with Gasteiger partial charge in [-0.1, -0.05) is 57.2 Å². The molecule has 4 aromatic rings. The molecule has 0 aliphatic heterocycles. The molecule has 4 heteroatoms. The predicted octanol–water partition coefficient (Wildman–Crippen LogP) is 9.14. The van der Waals surface area contributed by atoms with Crippen LogP contribution < -0.4 is 14.8 Å². The summed E-state index contributed by atoms with van der Waals surface area (Å²) in [6, 6.07) is 30.8. The fourth-order valence-electron chi connectivity index (χ4n) is 3.83. The minimum Gasteiger partial charge on any atom is -0.488 e. The first-order valence-electron chi connectivity index (χ1n) is 12.8. The van der Waals surface area contributed by atoms with Gasteiger partial charge in [0.25, 0.3) is 0 Å². The van der Waals surface area contributed by atoms with Gasteiger partial charge in [0.2, 0.25) is 0 Å². The van der Waals surface area contributed by atoms with Crippen LogP contribution in [0.1, 0.15) is 68.4 Å². The van der Waals surface area contributed by atoms with E-state index in [1.54, 1.807) is 12.1 Å². The van der Waals surface area contributed by atoms with E-state index in [1.165, 1.54) is 5.56 Å². The van der Waals surface area contributed by atoms with Crippen molar-refractivity contribution in [3.05, 3.63) is 114 Å². The fraction of sp³-hybridized carbons (Fsp3) is 0.242. The summed E-state index contributed by atoms with van der Waals surface area (Å²) in [7, 11) is 0. The van der Waals surface area contributed by atoms with Crippen molar-refractivity contribution in [1.82, 2.24) is 0 Å². The Morgan fingerprint density at radius 1 is 0.757 bits per heavy atom. The summed E-state index contributed by atoms with van der Waals surface area (Å²) in [5.41, 5.74) is 4.16. The average Bonchev–Trinajstić information content (AvgIpc) is 2.89. The van der Waals surface area contributed by atoms with Gasteiger partial charge in [0.1, 0.15) is 22.8 Å². The number of ketones is 1. The number of anilines is 2. The van der Waals surface area contributed by atoms with Gasteiger partial charge in [-0.3, -0.25) is 4.79 Å². The Balaban J connectivity index is 1.41. The molecule has 0 aliphatic rings. The van der Waals surface area contributed by atoms with E-state index >= 15 is 0 Å². The van der Waals surface area contributed by atoms with E-state index in [4.69, 9.17) is 9.47 Å². The molecule has 0 heterocycles. The molecule has 0 bridgehead atoms. The Morgan fingerprint density at radius 2 is 1.30 bits per heavy atom. The lowest BCUT2D eigenvalue weighted by molar-refractivity contribution is 0.103. The van der Waals surface area contributed by atoms with Gasteiger partial charge in [-0.2, -0.15) is 0 Å². The van der Waals surface area contributed by atoms with E-state index in [0.29, 0.717) is 28.5 Å². The Bertz CT molecular complexity index is 1340. The zero-order chi connectivity index (χ0) is 26.4. The van der Waals surface area contributed by atoms with Crippen molar-refractivity contribution in [2.24, 2.45) is 0 Å². The highest BCUT2D eigenvalue weighted by Gasteiger charge is 2.17. The molecular weight excluding hydrogens is 458 g/mol. The Labute approximate surface area is 220 Å². The van der Waals surface area contributed by atoms with Gasteiger partial charge >= 0.3 is 0 Å². The molecule has 1 N–H and O–H groups in total. The molecular formula is C33H35NO3. The van der Waals surface area contributed by atoms with Crippen LogP contribution in [0.5, 0.6) is 17.2 Å². The Hall–Kier alpha value is -4.05. The zero-order valence-electron chi connectivity index (χ0n) is 22.2. The van der Waals surface area contributed by atoms with Crippen LogP contribution in [0, 0.1) is 0 Å². The van der Waals surface area contributed by atoms with Crippen LogP contribution in [0.2, 0.25) is 0 Å². The Kier molecular flexibility index (Phi) is 7.98. The highest BCUT2D eigenvalue weighted by atomic mass is 16.5. The number of ether oxygens (including phenoxy) is 2. The van der Waals surface area contributed by atoms with Gasteiger partial charge in [0, 0.05) is 34.6 Å². The molecule has 190 valence electrons. The van der Waals surface area contributed by atoms with Gasteiger partial charge in [-0.25, -0.2) is 0 Å². The maximum atomic E-state index is 12.9. The molecule has 4 rings (SSSR count). The summed E-state index contributed by atoms with van der Waals surface area (Å²) in [5.74, 6) is 2.64. The van der Waals surface area contributed by atoms with Crippen molar-refractivity contribution >= 4 is 17.2 Å². The van der Waals surface area contributed by atoms with E-state index in [-0.39, 0.29) is 11.4 Å². The van der Waals surface area contributed by atoms with Gasteiger partial charge in [-0.15, -0.1) is 0 Å². The smallest absolute Gasteiger partial charge is 0.193 e. The highest BCUT2D eigenvalue weighted by molar-refractivity contribution is 6.09. The maximum Gasteiger partial charge on any atom is 0.193 e. The van der Waals surface area contributed by atoms with Crippen LogP contribution in [0.3, 0.4) is 0 Å². The molecule has 37 heavy (non-hydrogen) atoms. The average molecular weight is 494 g/mol. The van der Waals surface area contributed by atoms with Crippen LogP contribution in [0.4, 0.5) is 11.4 Å². The number of carbonyl (C=O) groups is 1.